The molecular weight excluding hydrogens is 234 g/mol. The van der Waals surface area contributed by atoms with Crippen molar-refractivity contribution in [3.05, 3.63) is 35.9 Å². The van der Waals surface area contributed by atoms with Gasteiger partial charge in [0, 0.05) is 6.54 Å². The van der Waals surface area contributed by atoms with Gasteiger partial charge in [-0.05, 0) is 12.5 Å². The molecule has 0 aromatic heterocycles. The van der Waals surface area contributed by atoms with E-state index < -0.39 is 17.8 Å². The molecule has 0 spiro atoms. The molecule has 0 saturated carbocycles. The molecule has 1 amide bonds. The Morgan fingerprint density at radius 2 is 2.22 bits per heavy atom. The Kier molecular flexibility index (Phi) is 3.84. The summed E-state index contributed by atoms with van der Waals surface area (Å²) in [6.45, 7) is 2.67. The van der Waals surface area contributed by atoms with Crippen LogP contribution in [0.3, 0.4) is 0 Å². The van der Waals surface area contributed by atoms with Crippen LogP contribution >= 0.6 is 0 Å². The lowest BCUT2D eigenvalue weighted by Crippen LogP contribution is -2.39. The minimum absolute atomic E-state index is 0.129. The molecule has 98 valence electrons. The first-order chi connectivity index (χ1) is 8.60. The lowest BCUT2D eigenvalue weighted by Gasteiger charge is -2.15. The van der Waals surface area contributed by atoms with E-state index in [9.17, 15) is 9.90 Å². The molecule has 5 nitrogen and oxygen atoms in total. The van der Waals surface area contributed by atoms with Crippen LogP contribution in [0.5, 0.6) is 0 Å². The van der Waals surface area contributed by atoms with E-state index in [0.29, 0.717) is 6.61 Å². The Balaban J connectivity index is 1.66. The van der Waals surface area contributed by atoms with Crippen LogP contribution < -0.4 is 5.32 Å². The average Bonchev–Trinajstić information content (AvgIpc) is 3.14. The maximum Gasteiger partial charge on any atom is 0.407 e. The number of amides is 1. The summed E-state index contributed by atoms with van der Waals surface area (Å²) in [7, 11) is 0. The van der Waals surface area contributed by atoms with E-state index >= 15 is 0 Å². The molecule has 1 heterocycles. The van der Waals surface area contributed by atoms with Gasteiger partial charge in [-0.1, -0.05) is 30.3 Å². The summed E-state index contributed by atoms with van der Waals surface area (Å²) in [5.41, 5.74) is 0.415. The number of carbonyl (C=O) groups excluding carboxylic acids is 1. The van der Waals surface area contributed by atoms with E-state index in [1.165, 1.54) is 0 Å². The average molecular weight is 251 g/mol. The van der Waals surface area contributed by atoms with Gasteiger partial charge in [-0.15, -0.1) is 0 Å². The third-order valence-electron chi connectivity index (χ3n) is 2.96. The molecule has 0 radical (unpaired) electrons. The molecule has 1 fully saturated rings. The number of carbonyl (C=O) groups is 1. The van der Waals surface area contributed by atoms with Crippen molar-refractivity contribution in [2.24, 2.45) is 0 Å². The lowest BCUT2D eigenvalue weighted by atomic mass is 10.1. The van der Waals surface area contributed by atoms with E-state index in [1.54, 1.807) is 6.92 Å². The number of rotatable bonds is 5. The fraction of sp³-hybridized carbons (Fsp3) is 0.462. The first-order valence-electron chi connectivity index (χ1n) is 5.87. The van der Waals surface area contributed by atoms with Crippen LogP contribution in [0.4, 0.5) is 4.79 Å². The summed E-state index contributed by atoms with van der Waals surface area (Å²) >= 11 is 0. The van der Waals surface area contributed by atoms with Crippen molar-refractivity contribution >= 4 is 6.09 Å². The highest BCUT2D eigenvalue weighted by molar-refractivity contribution is 5.67. The van der Waals surface area contributed by atoms with Crippen molar-refractivity contribution in [1.29, 1.82) is 0 Å². The molecule has 5 heteroatoms. The smallest absolute Gasteiger partial charge is 0.407 e. The standard InChI is InChI=1S/C13H17NO4/c1-13(9-18-13)11(15)7-14-12(16)17-8-10-5-3-2-4-6-10/h2-6,11,15H,7-9H2,1H3,(H,14,16)/t11-,13+/m0/s1. The Hall–Kier alpha value is -1.59. The molecule has 1 aromatic carbocycles. The summed E-state index contributed by atoms with van der Waals surface area (Å²) in [5.74, 6) is 0. The zero-order chi connectivity index (χ0) is 13.0. The molecule has 1 aliphatic heterocycles. The molecule has 0 bridgehead atoms. The highest BCUT2D eigenvalue weighted by Gasteiger charge is 2.46. The Bertz CT molecular complexity index is 403. The summed E-state index contributed by atoms with van der Waals surface area (Å²) in [6.07, 6.45) is -1.25. The number of hydrogen-bond acceptors (Lipinski definition) is 4. The van der Waals surface area contributed by atoms with Gasteiger partial charge in [-0.3, -0.25) is 0 Å². The molecule has 1 saturated heterocycles. The van der Waals surface area contributed by atoms with E-state index in [0.717, 1.165) is 5.56 Å². The van der Waals surface area contributed by atoms with E-state index in [-0.39, 0.29) is 13.2 Å². The van der Waals surface area contributed by atoms with Crippen LogP contribution in [0.15, 0.2) is 30.3 Å². The summed E-state index contributed by atoms with van der Waals surface area (Å²) in [6, 6.07) is 9.41. The maximum absolute atomic E-state index is 11.4. The fourth-order valence-electron chi connectivity index (χ4n) is 1.48. The second kappa shape index (κ2) is 5.37. The third kappa shape index (κ3) is 3.45. The number of aliphatic hydroxyl groups excluding tert-OH is 1. The Morgan fingerprint density at radius 3 is 2.83 bits per heavy atom. The van der Waals surface area contributed by atoms with Crippen LogP contribution in [0.25, 0.3) is 0 Å². The second-order valence-electron chi connectivity index (χ2n) is 4.56. The van der Waals surface area contributed by atoms with Crippen LogP contribution in [0.1, 0.15) is 12.5 Å². The molecule has 2 rings (SSSR count). The predicted molar refractivity (Wildman–Crippen MR) is 65.0 cm³/mol. The molecular formula is C13H17NO4. The van der Waals surface area contributed by atoms with Gasteiger partial charge in [0.15, 0.2) is 0 Å². The largest absolute Gasteiger partial charge is 0.445 e. The minimum atomic E-state index is -0.707. The van der Waals surface area contributed by atoms with Crippen molar-refractivity contribution in [3.63, 3.8) is 0 Å². The minimum Gasteiger partial charge on any atom is -0.445 e. The number of benzene rings is 1. The zero-order valence-corrected chi connectivity index (χ0v) is 10.3. The zero-order valence-electron chi connectivity index (χ0n) is 10.3. The second-order valence-corrected chi connectivity index (χ2v) is 4.56. The Morgan fingerprint density at radius 1 is 1.56 bits per heavy atom. The van der Waals surface area contributed by atoms with Crippen molar-refractivity contribution in [2.75, 3.05) is 13.2 Å². The van der Waals surface area contributed by atoms with Gasteiger partial charge >= 0.3 is 6.09 Å². The normalized spacial score (nSPS) is 23.2. The van der Waals surface area contributed by atoms with Gasteiger partial charge in [0.05, 0.1) is 6.61 Å². The molecule has 0 unspecified atom stereocenters. The third-order valence-corrected chi connectivity index (χ3v) is 2.96. The highest BCUT2D eigenvalue weighted by Crippen LogP contribution is 2.29. The first kappa shape index (κ1) is 12.9. The van der Waals surface area contributed by atoms with E-state index in [2.05, 4.69) is 5.32 Å². The maximum atomic E-state index is 11.4. The summed E-state index contributed by atoms with van der Waals surface area (Å²) < 4.78 is 10.1. The molecule has 18 heavy (non-hydrogen) atoms. The van der Waals surface area contributed by atoms with Crippen molar-refractivity contribution in [3.8, 4) is 0 Å². The summed E-state index contributed by atoms with van der Waals surface area (Å²) in [5, 5.41) is 12.2. The quantitative estimate of drug-likeness (QED) is 0.768. The van der Waals surface area contributed by atoms with Gasteiger partial charge in [-0.2, -0.15) is 0 Å². The van der Waals surface area contributed by atoms with Gasteiger partial charge in [0.25, 0.3) is 0 Å². The van der Waals surface area contributed by atoms with Gasteiger partial charge in [0.2, 0.25) is 0 Å². The van der Waals surface area contributed by atoms with Gasteiger partial charge in [-0.25, -0.2) is 4.79 Å². The number of epoxide rings is 1. The number of ether oxygens (including phenoxy) is 2. The lowest BCUT2D eigenvalue weighted by molar-refractivity contribution is 0.0785. The van der Waals surface area contributed by atoms with Crippen LogP contribution in [0.2, 0.25) is 0 Å². The van der Waals surface area contributed by atoms with Crippen molar-refractivity contribution < 1.29 is 19.4 Å². The topological polar surface area (TPSA) is 71.1 Å². The van der Waals surface area contributed by atoms with E-state index in [4.69, 9.17) is 9.47 Å². The number of hydrogen-bond donors (Lipinski definition) is 2. The number of nitrogens with one attached hydrogen (secondary N) is 1. The molecule has 2 N–H and O–H groups in total. The number of aliphatic hydroxyl groups is 1. The molecule has 1 aliphatic rings. The SMILES string of the molecule is C[C@]1([C@@H](O)CNC(=O)OCc2ccccc2)CO1. The van der Waals surface area contributed by atoms with Crippen LogP contribution in [-0.2, 0) is 16.1 Å². The molecule has 1 aromatic rings. The Labute approximate surface area is 106 Å². The summed E-state index contributed by atoms with van der Waals surface area (Å²) in [4.78, 5) is 11.4. The highest BCUT2D eigenvalue weighted by atomic mass is 16.6. The predicted octanol–water partition coefficient (Wildman–Crippen LogP) is 1.06. The number of alkyl carbamates (subject to hydrolysis) is 1. The monoisotopic (exact) mass is 251 g/mol. The molecule has 0 aliphatic carbocycles. The van der Waals surface area contributed by atoms with Crippen LogP contribution in [-0.4, -0.2) is 36.1 Å². The van der Waals surface area contributed by atoms with Gasteiger partial charge < -0.3 is 19.9 Å². The van der Waals surface area contributed by atoms with E-state index in [1.807, 2.05) is 30.3 Å². The van der Waals surface area contributed by atoms with Crippen LogP contribution in [0, 0.1) is 0 Å². The van der Waals surface area contributed by atoms with Crippen molar-refractivity contribution in [1.82, 2.24) is 5.32 Å². The van der Waals surface area contributed by atoms with Gasteiger partial charge in [0.1, 0.15) is 18.3 Å². The first-order valence-corrected chi connectivity index (χ1v) is 5.87. The molecule has 2 atom stereocenters. The van der Waals surface area contributed by atoms with Crippen molar-refractivity contribution in [2.45, 2.75) is 25.2 Å². The fourth-order valence-corrected chi connectivity index (χ4v) is 1.48.